The molecule has 5 nitrogen and oxygen atoms in total. The molecule has 94 valence electrons. The highest BCUT2D eigenvalue weighted by Gasteiger charge is 2.10. The molecule has 0 aliphatic rings. The van der Waals surface area contributed by atoms with Crippen molar-refractivity contribution in [1.29, 1.82) is 0 Å². The molecule has 0 aliphatic carbocycles. The fourth-order valence-electron chi connectivity index (χ4n) is 1.38. The second kappa shape index (κ2) is 4.91. The van der Waals surface area contributed by atoms with Crippen LogP contribution in [0.15, 0.2) is 24.4 Å². The van der Waals surface area contributed by atoms with Gasteiger partial charge in [-0.2, -0.15) is 0 Å². The summed E-state index contributed by atoms with van der Waals surface area (Å²) >= 11 is 0. The van der Waals surface area contributed by atoms with Gasteiger partial charge < -0.3 is 5.32 Å². The van der Waals surface area contributed by atoms with Crippen molar-refractivity contribution >= 4 is 11.6 Å². The number of carbonyl (C=O) groups excluding carboxylic acids is 1. The molecule has 1 heterocycles. The van der Waals surface area contributed by atoms with Crippen molar-refractivity contribution in [3.8, 4) is 0 Å². The van der Waals surface area contributed by atoms with Gasteiger partial charge in [-0.25, -0.2) is 13.5 Å². The van der Waals surface area contributed by atoms with Gasteiger partial charge in [0.1, 0.15) is 18.2 Å². The highest BCUT2D eigenvalue weighted by molar-refractivity contribution is 5.90. The first-order chi connectivity index (χ1) is 8.56. The predicted molar refractivity (Wildman–Crippen MR) is 59.7 cm³/mol. The zero-order valence-electron chi connectivity index (χ0n) is 9.52. The molecule has 0 atom stereocenters. The molecule has 18 heavy (non-hydrogen) atoms. The van der Waals surface area contributed by atoms with Gasteiger partial charge in [0.05, 0.1) is 17.6 Å². The van der Waals surface area contributed by atoms with Crippen LogP contribution in [0.25, 0.3) is 0 Å². The maximum atomic E-state index is 13.3. The molecule has 0 aliphatic heterocycles. The average molecular weight is 252 g/mol. The van der Waals surface area contributed by atoms with Gasteiger partial charge >= 0.3 is 0 Å². The molecule has 1 amide bonds. The van der Waals surface area contributed by atoms with Gasteiger partial charge in [0.15, 0.2) is 0 Å². The lowest BCUT2D eigenvalue weighted by atomic mass is 10.3. The first-order valence-electron chi connectivity index (χ1n) is 5.16. The van der Waals surface area contributed by atoms with Crippen molar-refractivity contribution in [3.05, 3.63) is 41.7 Å². The number of carbonyl (C=O) groups is 1. The molecule has 0 fully saturated rings. The Morgan fingerprint density at radius 3 is 2.83 bits per heavy atom. The summed E-state index contributed by atoms with van der Waals surface area (Å²) in [5.74, 6) is -1.98. The number of amides is 1. The Bertz CT molecular complexity index is 582. The highest BCUT2D eigenvalue weighted by atomic mass is 19.1. The van der Waals surface area contributed by atoms with E-state index in [2.05, 4.69) is 15.6 Å². The lowest BCUT2D eigenvalue weighted by molar-refractivity contribution is -0.117. The molecular formula is C11H10F2N4O. The quantitative estimate of drug-likeness (QED) is 0.900. The van der Waals surface area contributed by atoms with Crippen LogP contribution in [0.4, 0.5) is 14.5 Å². The van der Waals surface area contributed by atoms with E-state index in [4.69, 9.17) is 0 Å². The number of hydrogen-bond donors (Lipinski definition) is 1. The number of aromatic nitrogens is 3. The summed E-state index contributed by atoms with van der Waals surface area (Å²) in [6.45, 7) is 1.66. The minimum atomic E-state index is -0.821. The maximum absolute atomic E-state index is 13.3. The summed E-state index contributed by atoms with van der Waals surface area (Å²) in [7, 11) is 0. The van der Waals surface area contributed by atoms with Gasteiger partial charge in [-0.15, -0.1) is 5.10 Å². The van der Waals surface area contributed by atoms with E-state index in [0.29, 0.717) is 11.8 Å². The van der Waals surface area contributed by atoms with Crippen LogP contribution in [0.5, 0.6) is 0 Å². The van der Waals surface area contributed by atoms with Crippen LogP contribution in [0.1, 0.15) is 5.69 Å². The van der Waals surface area contributed by atoms with Crippen LogP contribution in [0.3, 0.4) is 0 Å². The first kappa shape index (κ1) is 12.2. The second-order valence-corrected chi connectivity index (χ2v) is 3.71. The fraction of sp³-hybridized carbons (Fsp3) is 0.182. The number of benzene rings is 1. The van der Waals surface area contributed by atoms with E-state index in [9.17, 15) is 13.6 Å². The third-order valence-corrected chi connectivity index (χ3v) is 2.31. The van der Waals surface area contributed by atoms with Gasteiger partial charge in [0.2, 0.25) is 5.91 Å². The fourth-order valence-corrected chi connectivity index (χ4v) is 1.38. The summed E-state index contributed by atoms with van der Waals surface area (Å²) < 4.78 is 27.3. The summed E-state index contributed by atoms with van der Waals surface area (Å²) in [6, 6.07) is 2.94. The lowest BCUT2D eigenvalue weighted by Crippen LogP contribution is -2.20. The maximum Gasteiger partial charge on any atom is 0.246 e. The number of hydrogen-bond acceptors (Lipinski definition) is 3. The number of halogens is 2. The first-order valence-corrected chi connectivity index (χ1v) is 5.16. The lowest BCUT2D eigenvalue weighted by Gasteiger charge is -2.07. The summed E-state index contributed by atoms with van der Waals surface area (Å²) in [5.41, 5.74) is 0.642. The van der Waals surface area contributed by atoms with Crippen molar-refractivity contribution in [1.82, 2.24) is 15.0 Å². The SMILES string of the molecule is Cc1cnnn1CC(=O)Nc1ccc(F)cc1F. The van der Waals surface area contributed by atoms with Crippen LogP contribution in [-0.2, 0) is 11.3 Å². The number of rotatable bonds is 3. The van der Waals surface area contributed by atoms with Crippen molar-refractivity contribution < 1.29 is 13.6 Å². The molecule has 1 N–H and O–H groups in total. The zero-order valence-corrected chi connectivity index (χ0v) is 9.52. The summed E-state index contributed by atoms with van der Waals surface area (Å²) in [4.78, 5) is 11.6. The topological polar surface area (TPSA) is 59.8 Å². The molecule has 0 saturated carbocycles. The van der Waals surface area contributed by atoms with E-state index >= 15 is 0 Å². The minimum Gasteiger partial charge on any atom is -0.322 e. The Hall–Kier alpha value is -2.31. The third kappa shape index (κ3) is 2.68. The van der Waals surface area contributed by atoms with Gasteiger partial charge in [0.25, 0.3) is 0 Å². The van der Waals surface area contributed by atoms with Crippen molar-refractivity contribution in [2.75, 3.05) is 5.32 Å². The molecule has 1 aromatic heterocycles. The highest BCUT2D eigenvalue weighted by Crippen LogP contribution is 2.14. The average Bonchev–Trinajstić information content (AvgIpc) is 2.69. The Morgan fingerprint density at radius 2 is 2.22 bits per heavy atom. The molecule has 0 radical (unpaired) electrons. The third-order valence-electron chi connectivity index (χ3n) is 2.31. The van der Waals surface area contributed by atoms with Crippen LogP contribution in [0.2, 0.25) is 0 Å². The molecule has 7 heteroatoms. The molecule has 0 saturated heterocycles. The standard InChI is InChI=1S/C11H10F2N4O/c1-7-5-14-16-17(7)6-11(18)15-10-3-2-8(12)4-9(10)13/h2-5H,6H2,1H3,(H,15,18). The van der Waals surface area contributed by atoms with E-state index in [-0.39, 0.29) is 12.2 Å². The van der Waals surface area contributed by atoms with E-state index < -0.39 is 17.5 Å². The number of nitrogens with zero attached hydrogens (tertiary/aromatic N) is 3. The Morgan fingerprint density at radius 1 is 1.44 bits per heavy atom. The van der Waals surface area contributed by atoms with E-state index in [0.717, 1.165) is 12.1 Å². The van der Waals surface area contributed by atoms with E-state index in [1.54, 1.807) is 6.92 Å². The minimum absolute atomic E-state index is 0.0702. The summed E-state index contributed by atoms with van der Waals surface area (Å²) in [6.07, 6.45) is 1.51. The normalized spacial score (nSPS) is 10.4. The molecule has 0 bridgehead atoms. The van der Waals surface area contributed by atoms with Crippen molar-refractivity contribution in [2.45, 2.75) is 13.5 Å². The van der Waals surface area contributed by atoms with Crippen molar-refractivity contribution in [2.24, 2.45) is 0 Å². The van der Waals surface area contributed by atoms with E-state index in [1.165, 1.54) is 10.9 Å². The molecular weight excluding hydrogens is 242 g/mol. The zero-order chi connectivity index (χ0) is 13.1. The number of anilines is 1. The molecule has 2 rings (SSSR count). The smallest absolute Gasteiger partial charge is 0.246 e. The van der Waals surface area contributed by atoms with Crippen LogP contribution in [-0.4, -0.2) is 20.9 Å². The Balaban J connectivity index is 2.05. The molecule has 0 unspecified atom stereocenters. The monoisotopic (exact) mass is 252 g/mol. The van der Waals surface area contributed by atoms with Crippen LogP contribution in [0, 0.1) is 18.6 Å². The number of nitrogens with one attached hydrogen (secondary N) is 1. The van der Waals surface area contributed by atoms with Gasteiger partial charge in [-0.1, -0.05) is 5.21 Å². The van der Waals surface area contributed by atoms with Gasteiger partial charge in [-0.05, 0) is 19.1 Å². The molecule has 2 aromatic rings. The second-order valence-electron chi connectivity index (χ2n) is 3.71. The van der Waals surface area contributed by atoms with Gasteiger partial charge in [-0.3, -0.25) is 4.79 Å². The van der Waals surface area contributed by atoms with Crippen LogP contribution < -0.4 is 5.32 Å². The van der Waals surface area contributed by atoms with Gasteiger partial charge in [0, 0.05) is 6.07 Å². The molecule has 0 spiro atoms. The predicted octanol–water partition coefficient (Wildman–Crippen LogP) is 1.50. The van der Waals surface area contributed by atoms with Crippen molar-refractivity contribution in [3.63, 3.8) is 0 Å². The van der Waals surface area contributed by atoms with Crippen LogP contribution >= 0.6 is 0 Å². The largest absolute Gasteiger partial charge is 0.322 e. The Kier molecular flexibility index (Phi) is 3.31. The Labute approximate surface area is 101 Å². The number of aryl methyl sites for hydroxylation is 1. The van der Waals surface area contributed by atoms with E-state index in [1.807, 2.05) is 0 Å². The summed E-state index contributed by atoms with van der Waals surface area (Å²) in [5, 5.41) is 9.64. The molecule has 1 aromatic carbocycles.